The van der Waals surface area contributed by atoms with E-state index >= 15 is 0 Å². The van der Waals surface area contributed by atoms with Crippen LogP contribution in [0.25, 0.3) is 0 Å². The van der Waals surface area contributed by atoms with E-state index in [4.69, 9.17) is 0 Å². The third kappa shape index (κ3) is 17.7. The molecule has 164 valence electrons. The summed E-state index contributed by atoms with van der Waals surface area (Å²) in [5.74, 6) is 0. The molecule has 4 nitrogen and oxygen atoms in total. The van der Waals surface area contributed by atoms with Crippen molar-refractivity contribution >= 4 is 10.1 Å². The van der Waals surface area contributed by atoms with Crippen molar-refractivity contribution in [3.8, 4) is 0 Å². The molecule has 2 unspecified atom stereocenters. The van der Waals surface area contributed by atoms with Crippen LogP contribution in [0.15, 0.2) is 0 Å². The van der Waals surface area contributed by atoms with Gasteiger partial charge in [0.1, 0.15) is 0 Å². The lowest BCUT2D eigenvalue weighted by molar-refractivity contribution is 0.147. The summed E-state index contributed by atoms with van der Waals surface area (Å²) in [5, 5.41) is 9.32. The molecule has 0 bridgehead atoms. The van der Waals surface area contributed by atoms with Crippen LogP contribution in [-0.2, 0) is 10.1 Å². The molecule has 0 aromatic rings. The second-order valence-corrected chi connectivity index (χ2v) is 9.88. The van der Waals surface area contributed by atoms with Crippen molar-refractivity contribution in [3.05, 3.63) is 0 Å². The van der Waals surface area contributed by atoms with Gasteiger partial charge in [0.05, 0.1) is 11.4 Å². The summed E-state index contributed by atoms with van der Waals surface area (Å²) in [6.45, 7) is 4.32. The van der Waals surface area contributed by atoms with Gasteiger partial charge in [-0.3, -0.25) is 4.55 Å². The fraction of sp³-hybridized carbons (Fsp3) is 1.00. The highest BCUT2D eigenvalue weighted by atomic mass is 32.2. The monoisotopic (exact) mass is 406 g/mol. The number of aliphatic hydroxyl groups excluding tert-OH is 1. The molecule has 0 rings (SSSR count). The maximum Gasteiger partial charge on any atom is 0.267 e. The van der Waals surface area contributed by atoms with Crippen molar-refractivity contribution < 1.29 is 18.1 Å². The topological polar surface area (TPSA) is 74.6 Å². The standard InChI is InChI=1S/C22H46O4S/c1-3-5-7-15-19-22(27(24,25)26)20-16-12-10-8-9-11-14-18-21(23)17-13-6-4-2/h21-23H,3-20H2,1-2H3,(H,24,25,26). The van der Waals surface area contributed by atoms with Gasteiger partial charge in [-0.15, -0.1) is 0 Å². The zero-order valence-corrected chi connectivity index (χ0v) is 18.8. The number of aliphatic hydroxyl groups is 1. The molecular weight excluding hydrogens is 360 g/mol. The molecule has 0 saturated heterocycles. The Morgan fingerprint density at radius 1 is 0.593 bits per heavy atom. The van der Waals surface area contributed by atoms with Crippen LogP contribution in [0.1, 0.15) is 129 Å². The number of unbranched alkanes of at least 4 members (excludes halogenated alkanes) is 11. The summed E-state index contributed by atoms with van der Waals surface area (Å²) in [6.07, 6.45) is 18.4. The molecule has 2 atom stereocenters. The molecule has 0 aromatic carbocycles. The van der Waals surface area contributed by atoms with E-state index in [9.17, 15) is 18.1 Å². The molecule has 27 heavy (non-hydrogen) atoms. The minimum absolute atomic E-state index is 0.119. The van der Waals surface area contributed by atoms with Gasteiger partial charge in [0, 0.05) is 0 Å². The first-order chi connectivity index (χ1) is 12.9. The van der Waals surface area contributed by atoms with Gasteiger partial charge in [-0.05, 0) is 25.7 Å². The van der Waals surface area contributed by atoms with E-state index in [1.807, 2.05) is 0 Å². The van der Waals surface area contributed by atoms with Gasteiger partial charge < -0.3 is 5.11 Å². The summed E-state index contributed by atoms with van der Waals surface area (Å²) in [5.41, 5.74) is 0. The highest BCUT2D eigenvalue weighted by molar-refractivity contribution is 7.86. The molecule has 0 radical (unpaired) electrons. The van der Waals surface area contributed by atoms with Crippen molar-refractivity contribution in [2.45, 2.75) is 141 Å². The van der Waals surface area contributed by atoms with Crippen molar-refractivity contribution in [2.75, 3.05) is 0 Å². The fourth-order valence-electron chi connectivity index (χ4n) is 3.65. The molecule has 0 saturated carbocycles. The minimum Gasteiger partial charge on any atom is -0.393 e. The lowest BCUT2D eigenvalue weighted by Crippen LogP contribution is -2.20. The molecule has 0 aliphatic carbocycles. The molecular formula is C22H46O4S. The van der Waals surface area contributed by atoms with Crippen molar-refractivity contribution in [1.29, 1.82) is 0 Å². The average molecular weight is 407 g/mol. The van der Waals surface area contributed by atoms with Gasteiger partial charge in [0.15, 0.2) is 0 Å². The molecule has 0 aliphatic rings. The third-order valence-electron chi connectivity index (χ3n) is 5.51. The maximum atomic E-state index is 11.5. The summed E-state index contributed by atoms with van der Waals surface area (Å²) < 4.78 is 32.4. The summed E-state index contributed by atoms with van der Waals surface area (Å²) >= 11 is 0. The maximum absolute atomic E-state index is 11.5. The van der Waals surface area contributed by atoms with Gasteiger partial charge >= 0.3 is 0 Å². The van der Waals surface area contributed by atoms with Crippen LogP contribution in [0, 0.1) is 0 Å². The second-order valence-electron chi connectivity index (χ2n) is 8.19. The van der Waals surface area contributed by atoms with E-state index in [1.54, 1.807) is 0 Å². The van der Waals surface area contributed by atoms with Crippen molar-refractivity contribution in [3.63, 3.8) is 0 Å². The van der Waals surface area contributed by atoms with Gasteiger partial charge in [-0.1, -0.05) is 104 Å². The van der Waals surface area contributed by atoms with Crippen LogP contribution in [-0.4, -0.2) is 29.4 Å². The first-order valence-electron chi connectivity index (χ1n) is 11.6. The molecule has 0 aliphatic heterocycles. The van der Waals surface area contributed by atoms with Crippen LogP contribution < -0.4 is 0 Å². The lowest BCUT2D eigenvalue weighted by Gasteiger charge is -2.13. The quantitative estimate of drug-likeness (QED) is 0.175. The second kappa shape index (κ2) is 17.9. The Labute approximate surface area is 169 Å². The van der Waals surface area contributed by atoms with E-state index in [0.717, 1.165) is 70.6 Å². The Morgan fingerprint density at radius 3 is 1.37 bits per heavy atom. The van der Waals surface area contributed by atoms with Gasteiger partial charge in [-0.2, -0.15) is 8.42 Å². The van der Waals surface area contributed by atoms with E-state index in [2.05, 4.69) is 13.8 Å². The average Bonchev–Trinajstić information content (AvgIpc) is 2.61. The molecule has 0 amide bonds. The first-order valence-corrected chi connectivity index (χ1v) is 13.1. The van der Waals surface area contributed by atoms with Crippen LogP contribution in [0.4, 0.5) is 0 Å². The number of rotatable bonds is 20. The largest absolute Gasteiger partial charge is 0.393 e. The Bertz CT molecular complexity index is 409. The SMILES string of the molecule is CCCCCCC(CCCCCCCCCC(O)CCCCC)S(=O)(=O)O. The first kappa shape index (κ1) is 26.9. The van der Waals surface area contributed by atoms with Crippen LogP contribution in [0.3, 0.4) is 0 Å². The predicted molar refractivity (Wildman–Crippen MR) is 116 cm³/mol. The number of hydrogen-bond acceptors (Lipinski definition) is 3. The van der Waals surface area contributed by atoms with E-state index in [-0.39, 0.29) is 6.10 Å². The zero-order chi connectivity index (χ0) is 20.4. The molecule has 2 N–H and O–H groups in total. The van der Waals surface area contributed by atoms with Crippen LogP contribution in [0.2, 0.25) is 0 Å². The Hall–Kier alpha value is -0.130. The molecule has 0 fully saturated rings. The molecule has 0 heterocycles. The van der Waals surface area contributed by atoms with E-state index in [1.165, 1.54) is 32.1 Å². The Balaban J connectivity index is 3.61. The molecule has 0 spiro atoms. The minimum atomic E-state index is -3.90. The fourth-order valence-corrected chi connectivity index (χ4v) is 4.58. The lowest BCUT2D eigenvalue weighted by atomic mass is 10.0. The summed E-state index contributed by atoms with van der Waals surface area (Å²) in [6, 6.07) is 0. The summed E-state index contributed by atoms with van der Waals surface area (Å²) in [7, 11) is -3.90. The summed E-state index contributed by atoms with van der Waals surface area (Å²) in [4.78, 5) is 0. The number of hydrogen-bond donors (Lipinski definition) is 2. The zero-order valence-electron chi connectivity index (χ0n) is 18.0. The smallest absolute Gasteiger partial charge is 0.267 e. The Morgan fingerprint density at radius 2 is 0.926 bits per heavy atom. The van der Waals surface area contributed by atoms with E-state index in [0.29, 0.717) is 12.8 Å². The predicted octanol–water partition coefficient (Wildman–Crippen LogP) is 6.67. The third-order valence-corrected chi connectivity index (χ3v) is 6.82. The van der Waals surface area contributed by atoms with Gasteiger partial charge in [0.2, 0.25) is 0 Å². The normalized spacial score (nSPS) is 14.4. The van der Waals surface area contributed by atoms with Crippen molar-refractivity contribution in [2.24, 2.45) is 0 Å². The van der Waals surface area contributed by atoms with Crippen molar-refractivity contribution in [1.82, 2.24) is 0 Å². The molecule has 0 aromatic heterocycles. The highest BCUT2D eigenvalue weighted by Gasteiger charge is 2.21. The van der Waals surface area contributed by atoms with Gasteiger partial charge in [0.25, 0.3) is 10.1 Å². The van der Waals surface area contributed by atoms with Crippen LogP contribution >= 0.6 is 0 Å². The molecule has 5 heteroatoms. The van der Waals surface area contributed by atoms with E-state index < -0.39 is 15.4 Å². The van der Waals surface area contributed by atoms with Gasteiger partial charge in [-0.25, -0.2) is 0 Å². The Kier molecular flexibility index (Phi) is 17.8. The van der Waals surface area contributed by atoms with Crippen LogP contribution in [0.5, 0.6) is 0 Å². The highest BCUT2D eigenvalue weighted by Crippen LogP contribution is 2.19.